The van der Waals surface area contributed by atoms with Gasteiger partial charge in [-0.1, -0.05) is 13.3 Å². The van der Waals surface area contributed by atoms with Crippen LogP contribution in [-0.4, -0.2) is 26.0 Å². The van der Waals surface area contributed by atoms with Crippen molar-refractivity contribution in [3.05, 3.63) is 0 Å². The molecule has 0 bridgehead atoms. The van der Waals surface area contributed by atoms with Crippen LogP contribution in [0.5, 0.6) is 0 Å². The second-order valence-corrected chi connectivity index (χ2v) is 2.81. The molecule has 70 valence electrons. The van der Waals surface area contributed by atoms with Crippen molar-refractivity contribution in [3.8, 4) is 0 Å². The summed E-state index contributed by atoms with van der Waals surface area (Å²) >= 11 is 0. The van der Waals surface area contributed by atoms with Crippen LogP contribution in [0.15, 0.2) is 9.98 Å². The zero-order valence-electron chi connectivity index (χ0n) is 8.29. The standard InChI is InChI=1S/C10H20N2/c1-3-4-9-12-10-7-5-6-8-11-2/h8,10H,3-7,9H2,1-2H3. The van der Waals surface area contributed by atoms with Gasteiger partial charge in [0.05, 0.1) is 0 Å². The summed E-state index contributed by atoms with van der Waals surface area (Å²) in [6.07, 6.45) is 9.80. The molecule has 0 aliphatic carbocycles. The van der Waals surface area contributed by atoms with Crippen LogP contribution < -0.4 is 0 Å². The average molecular weight is 168 g/mol. The molecule has 12 heavy (non-hydrogen) atoms. The number of unbranched alkanes of at least 4 members (excludes halogenated alkanes) is 3. The number of rotatable bonds is 7. The molecule has 0 N–H and O–H groups in total. The maximum atomic E-state index is 4.29. The fourth-order valence-electron chi connectivity index (χ4n) is 0.861. The number of aliphatic imine (C=N–C) groups is 2. The summed E-state index contributed by atoms with van der Waals surface area (Å²) in [4.78, 5) is 8.20. The Bertz CT molecular complexity index is 128. The Hall–Kier alpha value is -0.660. The van der Waals surface area contributed by atoms with E-state index < -0.39 is 0 Å². The zero-order chi connectivity index (χ0) is 9.07. The van der Waals surface area contributed by atoms with Crippen molar-refractivity contribution in [1.82, 2.24) is 0 Å². The van der Waals surface area contributed by atoms with Gasteiger partial charge in [-0.25, -0.2) is 0 Å². The molecule has 0 atom stereocenters. The van der Waals surface area contributed by atoms with E-state index in [1.807, 2.05) is 19.5 Å². The Kier molecular flexibility index (Phi) is 9.77. The summed E-state index contributed by atoms with van der Waals surface area (Å²) in [6.45, 7) is 3.19. The second-order valence-electron chi connectivity index (χ2n) is 2.81. The van der Waals surface area contributed by atoms with Crippen molar-refractivity contribution in [2.45, 2.75) is 39.0 Å². The van der Waals surface area contributed by atoms with Gasteiger partial charge in [-0.15, -0.1) is 0 Å². The smallest absolute Gasteiger partial charge is 0.0385 e. The molecule has 0 aromatic carbocycles. The van der Waals surface area contributed by atoms with Crippen LogP contribution in [0.4, 0.5) is 0 Å². The predicted molar refractivity (Wildman–Crippen MR) is 56.5 cm³/mol. The maximum Gasteiger partial charge on any atom is 0.0385 e. The fraction of sp³-hybridized carbons (Fsp3) is 0.800. The van der Waals surface area contributed by atoms with Crippen LogP contribution in [0.25, 0.3) is 0 Å². The van der Waals surface area contributed by atoms with Crippen LogP contribution in [0.2, 0.25) is 0 Å². The van der Waals surface area contributed by atoms with Gasteiger partial charge in [0.2, 0.25) is 0 Å². The molecular formula is C10H20N2. The first-order chi connectivity index (χ1) is 5.91. The SMILES string of the molecule is CCCCN=CCCCC=NC. The number of hydrogen-bond acceptors (Lipinski definition) is 2. The van der Waals surface area contributed by atoms with Gasteiger partial charge in [0.15, 0.2) is 0 Å². The van der Waals surface area contributed by atoms with Crippen LogP contribution >= 0.6 is 0 Å². The van der Waals surface area contributed by atoms with Gasteiger partial charge >= 0.3 is 0 Å². The minimum absolute atomic E-state index is 0.998. The summed E-state index contributed by atoms with van der Waals surface area (Å²) in [5.41, 5.74) is 0. The third-order valence-electron chi connectivity index (χ3n) is 1.62. The molecule has 0 aromatic rings. The summed E-state index contributed by atoms with van der Waals surface area (Å²) in [6, 6.07) is 0. The van der Waals surface area contributed by atoms with E-state index in [4.69, 9.17) is 0 Å². The lowest BCUT2D eigenvalue weighted by atomic mass is 10.2. The normalized spacial score (nSPS) is 11.8. The number of nitrogens with zero attached hydrogens (tertiary/aromatic N) is 2. The monoisotopic (exact) mass is 168 g/mol. The summed E-state index contributed by atoms with van der Waals surface area (Å²) in [5.74, 6) is 0. The maximum absolute atomic E-state index is 4.29. The van der Waals surface area contributed by atoms with E-state index in [1.54, 1.807) is 0 Å². The van der Waals surface area contributed by atoms with Gasteiger partial charge in [0, 0.05) is 13.6 Å². The van der Waals surface area contributed by atoms with E-state index in [9.17, 15) is 0 Å². The largest absolute Gasteiger partial charge is 0.301 e. The molecular weight excluding hydrogens is 148 g/mol. The zero-order valence-corrected chi connectivity index (χ0v) is 8.29. The van der Waals surface area contributed by atoms with Gasteiger partial charge < -0.3 is 4.99 Å². The lowest BCUT2D eigenvalue weighted by molar-refractivity contribution is 0.806. The van der Waals surface area contributed by atoms with Gasteiger partial charge in [0.1, 0.15) is 0 Å². The third-order valence-corrected chi connectivity index (χ3v) is 1.62. The first kappa shape index (κ1) is 11.3. The third kappa shape index (κ3) is 9.34. The van der Waals surface area contributed by atoms with Gasteiger partial charge in [-0.2, -0.15) is 0 Å². The average Bonchev–Trinajstić information content (AvgIpc) is 2.10. The van der Waals surface area contributed by atoms with E-state index in [0.717, 1.165) is 19.4 Å². The fourth-order valence-corrected chi connectivity index (χ4v) is 0.861. The molecule has 2 nitrogen and oxygen atoms in total. The van der Waals surface area contributed by atoms with Crippen molar-refractivity contribution < 1.29 is 0 Å². The lowest BCUT2D eigenvalue weighted by Gasteiger charge is -1.90. The van der Waals surface area contributed by atoms with Crippen molar-refractivity contribution in [1.29, 1.82) is 0 Å². The van der Waals surface area contributed by atoms with E-state index >= 15 is 0 Å². The van der Waals surface area contributed by atoms with Gasteiger partial charge in [0.25, 0.3) is 0 Å². The van der Waals surface area contributed by atoms with E-state index in [0.29, 0.717) is 0 Å². The molecule has 0 saturated carbocycles. The Labute approximate surface area is 75.8 Å². The van der Waals surface area contributed by atoms with Crippen molar-refractivity contribution >= 4 is 12.4 Å². The van der Waals surface area contributed by atoms with Crippen LogP contribution in [0.3, 0.4) is 0 Å². The summed E-state index contributed by atoms with van der Waals surface area (Å²) in [7, 11) is 1.81. The van der Waals surface area contributed by atoms with Gasteiger partial charge in [-0.05, 0) is 38.1 Å². The molecule has 0 aliphatic heterocycles. The molecule has 0 aromatic heterocycles. The Balaban J connectivity index is 3.02. The quantitative estimate of drug-likeness (QED) is 0.412. The minimum Gasteiger partial charge on any atom is -0.301 e. The molecule has 2 heteroatoms. The molecule has 0 rings (SSSR count). The van der Waals surface area contributed by atoms with Crippen LogP contribution in [-0.2, 0) is 0 Å². The highest BCUT2D eigenvalue weighted by Crippen LogP contribution is 1.91. The topological polar surface area (TPSA) is 24.7 Å². The molecule has 0 fully saturated rings. The molecule has 0 heterocycles. The molecule has 0 unspecified atom stereocenters. The minimum atomic E-state index is 0.998. The lowest BCUT2D eigenvalue weighted by Crippen LogP contribution is -1.83. The highest BCUT2D eigenvalue weighted by atomic mass is 14.7. The molecule has 0 spiro atoms. The first-order valence-corrected chi connectivity index (χ1v) is 4.80. The Morgan fingerprint density at radius 2 is 1.83 bits per heavy atom. The Morgan fingerprint density at radius 3 is 2.50 bits per heavy atom. The van der Waals surface area contributed by atoms with Crippen LogP contribution in [0.1, 0.15) is 39.0 Å². The summed E-state index contributed by atoms with van der Waals surface area (Å²) in [5, 5.41) is 0. The van der Waals surface area contributed by atoms with E-state index in [1.165, 1.54) is 19.3 Å². The van der Waals surface area contributed by atoms with Crippen molar-refractivity contribution in [3.63, 3.8) is 0 Å². The van der Waals surface area contributed by atoms with Crippen molar-refractivity contribution in [2.75, 3.05) is 13.6 Å². The molecule has 0 radical (unpaired) electrons. The molecule has 0 amide bonds. The van der Waals surface area contributed by atoms with E-state index in [2.05, 4.69) is 16.9 Å². The van der Waals surface area contributed by atoms with Gasteiger partial charge in [-0.3, -0.25) is 4.99 Å². The second kappa shape index (κ2) is 10.3. The van der Waals surface area contributed by atoms with Crippen LogP contribution in [0, 0.1) is 0 Å². The Morgan fingerprint density at radius 1 is 1.08 bits per heavy atom. The summed E-state index contributed by atoms with van der Waals surface area (Å²) < 4.78 is 0. The van der Waals surface area contributed by atoms with E-state index in [-0.39, 0.29) is 0 Å². The first-order valence-electron chi connectivity index (χ1n) is 4.80. The highest BCUT2D eigenvalue weighted by Gasteiger charge is 1.81. The molecule has 0 aliphatic rings. The number of hydrogen-bond donors (Lipinski definition) is 0. The molecule has 0 saturated heterocycles. The van der Waals surface area contributed by atoms with Crippen molar-refractivity contribution in [2.24, 2.45) is 9.98 Å². The highest BCUT2D eigenvalue weighted by molar-refractivity contribution is 5.60. The predicted octanol–water partition coefficient (Wildman–Crippen LogP) is 2.73.